The van der Waals surface area contributed by atoms with Gasteiger partial charge in [0.15, 0.2) is 0 Å². The molecule has 0 saturated heterocycles. The van der Waals surface area contributed by atoms with Crippen molar-refractivity contribution in [2.24, 2.45) is 0 Å². The number of halogens is 3. The molecular formula is C15H17F3N2O2. The van der Waals surface area contributed by atoms with E-state index < -0.39 is 23.4 Å². The summed E-state index contributed by atoms with van der Waals surface area (Å²) < 4.78 is 43.5. The molecule has 0 radical (unpaired) electrons. The van der Waals surface area contributed by atoms with E-state index in [0.29, 0.717) is 0 Å². The van der Waals surface area contributed by atoms with Gasteiger partial charge < -0.3 is 15.8 Å². The molecule has 0 heterocycles. The molecule has 22 heavy (non-hydrogen) atoms. The van der Waals surface area contributed by atoms with Crippen molar-refractivity contribution in [2.45, 2.75) is 32.5 Å². The number of carbonyl (C=O) groups excluding carboxylic acids is 1. The zero-order valence-electron chi connectivity index (χ0n) is 12.5. The standard InChI is InChI=1S/C15H17F3N2O2/c1-14(2,3)22-13(21)20-9-5-6-10-11(15(16,17)18)7-4-8-12(10)19/h4,7-8H,9,19H2,1-3H3,(H,20,21). The van der Waals surface area contributed by atoms with E-state index in [-0.39, 0.29) is 17.8 Å². The van der Waals surface area contributed by atoms with Crippen molar-refractivity contribution in [1.29, 1.82) is 0 Å². The lowest BCUT2D eigenvalue weighted by Gasteiger charge is -2.19. The highest BCUT2D eigenvalue weighted by Crippen LogP contribution is 2.33. The highest BCUT2D eigenvalue weighted by atomic mass is 19.4. The van der Waals surface area contributed by atoms with Gasteiger partial charge in [0.05, 0.1) is 17.7 Å². The van der Waals surface area contributed by atoms with Crippen molar-refractivity contribution in [3.63, 3.8) is 0 Å². The molecule has 7 heteroatoms. The smallest absolute Gasteiger partial charge is 0.417 e. The van der Waals surface area contributed by atoms with Gasteiger partial charge in [-0.15, -0.1) is 0 Å². The molecule has 0 atom stereocenters. The van der Waals surface area contributed by atoms with Crippen LogP contribution in [0.1, 0.15) is 31.9 Å². The van der Waals surface area contributed by atoms with Crippen LogP contribution < -0.4 is 11.1 Å². The van der Waals surface area contributed by atoms with Crippen LogP contribution in [0.3, 0.4) is 0 Å². The van der Waals surface area contributed by atoms with Gasteiger partial charge in [0.25, 0.3) is 0 Å². The molecule has 0 spiro atoms. The van der Waals surface area contributed by atoms with E-state index in [2.05, 4.69) is 17.2 Å². The van der Waals surface area contributed by atoms with E-state index in [1.165, 1.54) is 12.1 Å². The van der Waals surface area contributed by atoms with Crippen LogP contribution in [0.25, 0.3) is 0 Å². The summed E-state index contributed by atoms with van der Waals surface area (Å²) in [5, 5.41) is 2.33. The number of nitrogens with one attached hydrogen (secondary N) is 1. The van der Waals surface area contributed by atoms with Gasteiger partial charge in [0, 0.05) is 5.69 Å². The van der Waals surface area contributed by atoms with E-state index >= 15 is 0 Å². The fourth-order valence-electron chi connectivity index (χ4n) is 1.51. The van der Waals surface area contributed by atoms with Crippen LogP contribution in [-0.2, 0) is 10.9 Å². The van der Waals surface area contributed by atoms with Crippen molar-refractivity contribution >= 4 is 11.8 Å². The maximum atomic E-state index is 12.8. The first-order valence-corrected chi connectivity index (χ1v) is 6.42. The number of carbonyl (C=O) groups is 1. The molecule has 0 bridgehead atoms. The Hall–Kier alpha value is -2.36. The molecule has 1 aromatic carbocycles. The second-order valence-electron chi connectivity index (χ2n) is 5.42. The van der Waals surface area contributed by atoms with Gasteiger partial charge in [0.1, 0.15) is 5.60 Å². The van der Waals surface area contributed by atoms with E-state index in [0.717, 1.165) is 6.07 Å². The van der Waals surface area contributed by atoms with Crippen LogP contribution in [-0.4, -0.2) is 18.2 Å². The first-order valence-electron chi connectivity index (χ1n) is 6.42. The number of nitrogen functional groups attached to an aromatic ring is 1. The van der Waals surface area contributed by atoms with E-state index in [1.54, 1.807) is 20.8 Å². The minimum Gasteiger partial charge on any atom is -0.444 e. The van der Waals surface area contributed by atoms with Crippen LogP contribution >= 0.6 is 0 Å². The number of rotatable bonds is 1. The minimum atomic E-state index is -4.54. The Balaban J connectivity index is 2.80. The van der Waals surface area contributed by atoms with Crippen LogP contribution in [0.5, 0.6) is 0 Å². The van der Waals surface area contributed by atoms with E-state index in [9.17, 15) is 18.0 Å². The third-order valence-electron chi connectivity index (χ3n) is 2.34. The average molecular weight is 314 g/mol. The lowest BCUT2D eigenvalue weighted by atomic mass is 10.1. The summed E-state index contributed by atoms with van der Waals surface area (Å²) >= 11 is 0. The molecule has 0 aliphatic heterocycles. The predicted molar refractivity (Wildman–Crippen MR) is 77.0 cm³/mol. The fraction of sp³-hybridized carbons (Fsp3) is 0.400. The van der Waals surface area contributed by atoms with Gasteiger partial charge in [-0.1, -0.05) is 17.9 Å². The van der Waals surface area contributed by atoms with Gasteiger partial charge >= 0.3 is 12.3 Å². The van der Waals surface area contributed by atoms with Crippen LogP contribution in [0.15, 0.2) is 18.2 Å². The number of benzene rings is 1. The molecule has 0 saturated carbocycles. The van der Waals surface area contributed by atoms with Crippen molar-refractivity contribution in [1.82, 2.24) is 5.32 Å². The number of amides is 1. The van der Waals surface area contributed by atoms with Gasteiger partial charge in [0.2, 0.25) is 0 Å². The second-order valence-corrected chi connectivity index (χ2v) is 5.42. The number of alkyl halides is 3. The number of hydrogen-bond donors (Lipinski definition) is 2. The fourth-order valence-corrected chi connectivity index (χ4v) is 1.51. The molecule has 1 aromatic rings. The summed E-state index contributed by atoms with van der Waals surface area (Å²) in [6.45, 7) is 4.93. The Labute approximate surface area is 126 Å². The van der Waals surface area contributed by atoms with Crippen molar-refractivity contribution in [3.8, 4) is 11.8 Å². The Morgan fingerprint density at radius 3 is 2.50 bits per heavy atom. The zero-order chi connectivity index (χ0) is 17.0. The largest absolute Gasteiger partial charge is 0.444 e. The molecule has 0 aliphatic rings. The third-order valence-corrected chi connectivity index (χ3v) is 2.34. The third kappa shape index (κ3) is 5.56. The summed E-state index contributed by atoms with van der Waals surface area (Å²) in [4.78, 5) is 11.4. The van der Waals surface area contributed by atoms with Crippen LogP contribution in [0.4, 0.5) is 23.7 Å². The number of alkyl carbamates (subject to hydrolysis) is 1. The van der Waals surface area contributed by atoms with Crippen molar-refractivity contribution < 1.29 is 22.7 Å². The highest BCUT2D eigenvalue weighted by molar-refractivity contribution is 5.68. The molecule has 1 amide bonds. The molecule has 0 unspecified atom stereocenters. The molecular weight excluding hydrogens is 297 g/mol. The first-order chi connectivity index (χ1) is 10.0. The highest BCUT2D eigenvalue weighted by Gasteiger charge is 2.33. The summed E-state index contributed by atoms with van der Waals surface area (Å²) in [6.07, 6.45) is -5.24. The maximum Gasteiger partial charge on any atom is 0.417 e. The lowest BCUT2D eigenvalue weighted by Crippen LogP contribution is -2.32. The number of hydrogen-bond acceptors (Lipinski definition) is 3. The number of anilines is 1. The lowest BCUT2D eigenvalue weighted by molar-refractivity contribution is -0.137. The zero-order valence-corrected chi connectivity index (χ0v) is 12.5. The normalized spacial score (nSPS) is 11.4. The molecule has 4 nitrogen and oxygen atoms in total. The second kappa shape index (κ2) is 6.60. The minimum absolute atomic E-state index is 0.0698. The predicted octanol–water partition coefficient (Wildman–Crippen LogP) is 3.16. The Kier molecular flexibility index (Phi) is 5.31. The summed E-state index contributed by atoms with van der Waals surface area (Å²) in [5.41, 5.74) is 3.59. The Morgan fingerprint density at radius 2 is 1.95 bits per heavy atom. The van der Waals surface area contributed by atoms with Crippen LogP contribution in [0.2, 0.25) is 0 Å². The van der Waals surface area contributed by atoms with E-state index in [1.807, 2.05) is 0 Å². The summed E-state index contributed by atoms with van der Waals surface area (Å²) in [7, 11) is 0. The SMILES string of the molecule is CC(C)(C)OC(=O)NCC#Cc1c(N)cccc1C(F)(F)F. The monoisotopic (exact) mass is 314 g/mol. The van der Waals surface area contributed by atoms with Gasteiger partial charge in [-0.3, -0.25) is 0 Å². The molecule has 120 valence electrons. The van der Waals surface area contributed by atoms with Gasteiger partial charge in [-0.25, -0.2) is 4.79 Å². The Morgan fingerprint density at radius 1 is 1.32 bits per heavy atom. The number of ether oxygens (including phenoxy) is 1. The summed E-state index contributed by atoms with van der Waals surface area (Å²) in [6, 6.07) is 3.45. The van der Waals surface area contributed by atoms with Crippen molar-refractivity contribution in [3.05, 3.63) is 29.3 Å². The number of nitrogens with two attached hydrogens (primary N) is 1. The molecule has 0 aliphatic carbocycles. The maximum absolute atomic E-state index is 12.8. The van der Waals surface area contributed by atoms with E-state index in [4.69, 9.17) is 10.5 Å². The Bertz CT molecular complexity index is 608. The molecule has 1 rings (SSSR count). The molecule has 0 aromatic heterocycles. The topological polar surface area (TPSA) is 64.3 Å². The quantitative estimate of drug-likeness (QED) is 0.618. The summed E-state index contributed by atoms with van der Waals surface area (Å²) in [5.74, 6) is 4.77. The van der Waals surface area contributed by atoms with Gasteiger partial charge in [-0.2, -0.15) is 13.2 Å². The van der Waals surface area contributed by atoms with Gasteiger partial charge in [-0.05, 0) is 32.9 Å². The van der Waals surface area contributed by atoms with Crippen LogP contribution in [0, 0.1) is 11.8 Å². The molecule has 0 fully saturated rings. The average Bonchev–Trinajstić information content (AvgIpc) is 2.32. The van der Waals surface area contributed by atoms with Crippen molar-refractivity contribution in [2.75, 3.05) is 12.3 Å². The molecule has 3 N–H and O–H groups in total. The first kappa shape index (κ1) is 17.7.